The Balaban J connectivity index is 1.76. The van der Waals surface area contributed by atoms with Crippen molar-refractivity contribution in [3.8, 4) is 0 Å². The summed E-state index contributed by atoms with van der Waals surface area (Å²) >= 11 is 1.58. The van der Waals surface area contributed by atoms with Crippen LogP contribution in [0, 0.1) is 0 Å². The van der Waals surface area contributed by atoms with Crippen LogP contribution in [0.5, 0.6) is 0 Å². The van der Waals surface area contributed by atoms with Crippen molar-refractivity contribution in [2.24, 2.45) is 0 Å². The fourth-order valence-electron chi connectivity index (χ4n) is 2.21. The van der Waals surface area contributed by atoms with E-state index < -0.39 is 6.10 Å². The molecule has 0 saturated carbocycles. The summed E-state index contributed by atoms with van der Waals surface area (Å²) in [5.74, 6) is 0. The zero-order valence-corrected chi connectivity index (χ0v) is 12.0. The van der Waals surface area contributed by atoms with Crippen LogP contribution in [0.3, 0.4) is 0 Å². The van der Waals surface area contributed by atoms with Gasteiger partial charge in [0.15, 0.2) is 0 Å². The fourth-order valence-corrected chi connectivity index (χ4v) is 2.92. The molecule has 19 heavy (non-hydrogen) atoms. The van der Waals surface area contributed by atoms with Crippen molar-refractivity contribution < 1.29 is 9.90 Å². The molecule has 2 amide bonds. The van der Waals surface area contributed by atoms with Crippen LogP contribution in [0.15, 0.2) is 17.5 Å². The van der Waals surface area contributed by atoms with Gasteiger partial charge in [0.05, 0.1) is 0 Å². The summed E-state index contributed by atoms with van der Waals surface area (Å²) in [4.78, 5) is 16.7. The molecule has 2 rings (SSSR count). The third-order valence-corrected chi connectivity index (χ3v) is 4.26. The minimum absolute atomic E-state index is 0.0148. The van der Waals surface area contributed by atoms with Crippen LogP contribution in [0.1, 0.15) is 17.9 Å². The van der Waals surface area contributed by atoms with Crippen molar-refractivity contribution in [3.05, 3.63) is 22.4 Å². The summed E-state index contributed by atoms with van der Waals surface area (Å²) in [6.07, 6.45) is -0.420. The predicted molar refractivity (Wildman–Crippen MR) is 76.4 cm³/mol. The number of nitrogens with zero attached hydrogens (tertiary/aromatic N) is 2. The fraction of sp³-hybridized carbons (Fsp3) is 0.615. The van der Waals surface area contributed by atoms with Crippen LogP contribution < -0.4 is 5.32 Å². The summed E-state index contributed by atoms with van der Waals surface area (Å²) in [6, 6.07) is 3.93. The number of thiophene rings is 1. The molecular formula is C13H21N3O2S. The molecular weight excluding hydrogens is 262 g/mol. The first kappa shape index (κ1) is 14.3. The van der Waals surface area contributed by atoms with Gasteiger partial charge >= 0.3 is 6.03 Å². The molecule has 5 nitrogen and oxygen atoms in total. The maximum Gasteiger partial charge on any atom is 0.317 e. The van der Waals surface area contributed by atoms with Gasteiger partial charge in [-0.25, -0.2) is 4.79 Å². The molecule has 1 aromatic heterocycles. The van der Waals surface area contributed by atoms with Crippen molar-refractivity contribution in [1.29, 1.82) is 0 Å². The van der Waals surface area contributed by atoms with E-state index in [1.54, 1.807) is 11.3 Å². The molecule has 0 aliphatic carbocycles. The summed E-state index contributed by atoms with van der Waals surface area (Å²) in [5, 5.41) is 14.9. The Bertz CT molecular complexity index is 389. The lowest BCUT2D eigenvalue weighted by Crippen LogP contribution is -2.52. The molecule has 1 aliphatic rings. The van der Waals surface area contributed by atoms with E-state index in [0.717, 1.165) is 31.1 Å². The highest BCUT2D eigenvalue weighted by molar-refractivity contribution is 7.10. The number of rotatable bonds is 4. The highest BCUT2D eigenvalue weighted by atomic mass is 32.1. The largest absolute Gasteiger partial charge is 0.386 e. The van der Waals surface area contributed by atoms with Crippen LogP contribution in [0.25, 0.3) is 0 Å². The van der Waals surface area contributed by atoms with E-state index >= 15 is 0 Å². The Morgan fingerprint density at radius 1 is 1.47 bits per heavy atom. The number of nitrogens with one attached hydrogen (secondary N) is 1. The zero-order valence-electron chi connectivity index (χ0n) is 11.2. The summed E-state index contributed by atoms with van der Waals surface area (Å²) in [6.45, 7) is 6.32. The first-order chi connectivity index (χ1) is 9.20. The van der Waals surface area contributed by atoms with Gasteiger partial charge in [0, 0.05) is 44.1 Å². The number of β-amino-alcohol motifs (C(OH)–C–C–N with tert-alkyl or cyclic N) is 1. The molecule has 0 unspecified atom stereocenters. The number of aliphatic hydroxyl groups is 1. The molecule has 0 aromatic carbocycles. The molecule has 1 atom stereocenters. The molecule has 106 valence electrons. The SMILES string of the molecule is CCNC(=O)N1CCN(C[C@@H](O)c2cccs2)CC1. The Hall–Kier alpha value is -1.11. The number of carbonyl (C=O) groups is 1. The predicted octanol–water partition coefficient (Wildman–Crippen LogP) is 1.13. The number of amides is 2. The minimum atomic E-state index is -0.420. The molecule has 2 N–H and O–H groups in total. The second-order valence-corrected chi connectivity index (χ2v) is 5.63. The number of urea groups is 1. The Morgan fingerprint density at radius 3 is 2.79 bits per heavy atom. The number of hydrogen-bond donors (Lipinski definition) is 2. The second kappa shape index (κ2) is 6.88. The Kier molecular flexibility index (Phi) is 5.18. The lowest BCUT2D eigenvalue weighted by Gasteiger charge is -2.35. The van der Waals surface area contributed by atoms with Gasteiger partial charge in [-0.15, -0.1) is 11.3 Å². The molecule has 1 aromatic rings. The monoisotopic (exact) mass is 283 g/mol. The molecule has 0 radical (unpaired) electrons. The standard InChI is InChI=1S/C13H21N3O2S/c1-2-14-13(18)16-7-5-15(6-8-16)10-11(17)12-4-3-9-19-12/h3-4,9,11,17H,2,5-8,10H2,1H3,(H,14,18)/t11-/m1/s1. The first-order valence-corrected chi connectivity index (χ1v) is 7.55. The van der Waals surface area contributed by atoms with E-state index in [4.69, 9.17) is 0 Å². The molecule has 1 aliphatic heterocycles. The van der Waals surface area contributed by atoms with Gasteiger partial charge in [-0.2, -0.15) is 0 Å². The molecule has 0 spiro atoms. The van der Waals surface area contributed by atoms with Crippen LogP contribution in [-0.2, 0) is 0 Å². The highest BCUT2D eigenvalue weighted by Gasteiger charge is 2.22. The average Bonchev–Trinajstić information content (AvgIpc) is 2.94. The van der Waals surface area contributed by atoms with Crippen molar-refractivity contribution in [2.45, 2.75) is 13.0 Å². The van der Waals surface area contributed by atoms with Crippen LogP contribution in [-0.4, -0.2) is 60.2 Å². The maximum absolute atomic E-state index is 11.7. The Labute approximate surface area is 117 Å². The van der Waals surface area contributed by atoms with Gasteiger partial charge in [-0.3, -0.25) is 4.90 Å². The summed E-state index contributed by atoms with van der Waals surface area (Å²) < 4.78 is 0. The van der Waals surface area contributed by atoms with E-state index in [9.17, 15) is 9.90 Å². The van der Waals surface area contributed by atoms with E-state index in [-0.39, 0.29) is 6.03 Å². The van der Waals surface area contributed by atoms with E-state index in [2.05, 4.69) is 10.2 Å². The van der Waals surface area contributed by atoms with Crippen LogP contribution >= 0.6 is 11.3 Å². The van der Waals surface area contributed by atoms with Crippen molar-refractivity contribution in [2.75, 3.05) is 39.3 Å². The quantitative estimate of drug-likeness (QED) is 0.871. The van der Waals surface area contributed by atoms with E-state index in [1.165, 1.54) is 0 Å². The molecule has 1 fully saturated rings. The molecule has 2 heterocycles. The summed E-state index contributed by atoms with van der Waals surface area (Å²) in [5.41, 5.74) is 0. The van der Waals surface area contributed by atoms with Gasteiger partial charge in [-0.1, -0.05) is 6.07 Å². The average molecular weight is 283 g/mol. The minimum Gasteiger partial charge on any atom is -0.386 e. The number of carbonyl (C=O) groups excluding carboxylic acids is 1. The van der Waals surface area contributed by atoms with Gasteiger partial charge in [0.1, 0.15) is 6.10 Å². The smallest absolute Gasteiger partial charge is 0.317 e. The van der Waals surface area contributed by atoms with Crippen molar-refractivity contribution >= 4 is 17.4 Å². The van der Waals surface area contributed by atoms with E-state index in [0.29, 0.717) is 13.1 Å². The Morgan fingerprint density at radius 2 is 2.21 bits per heavy atom. The highest BCUT2D eigenvalue weighted by Crippen LogP contribution is 2.20. The lowest BCUT2D eigenvalue weighted by atomic mass is 10.2. The lowest BCUT2D eigenvalue weighted by molar-refractivity contribution is 0.0828. The number of aliphatic hydroxyl groups excluding tert-OH is 1. The van der Waals surface area contributed by atoms with Crippen LogP contribution in [0.4, 0.5) is 4.79 Å². The second-order valence-electron chi connectivity index (χ2n) is 4.65. The van der Waals surface area contributed by atoms with Crippen molar-refractivity contribution in [3.63, 3.8) is 0 Å². The normalized spacial score (nSPS) is 18.3. The third kappa shape index (κ3) is 3.92. The zero-order chi connectivity index (χ0) is 13.7. The summed E-state index contributed by atoms with van der Waals surface area (Å²) in [7, 11) is 0. The third-order valence-electron chi connectivity index (χ3n) is 3.29. The van der Waals surface area contributed by atoms with E-state index in [1.807, 2.05) is 29.3 Å². The van der Waals surface area contributed by atoms with Crippen LogP contribution in [0.2, 0.25) is 0 Å². The first-order valence-electron chi connectivity index (χ1n) is 6.67. The number of hydrogen-bond acceptors (Lipinski definition) is 4. The molecule has 0 bridgehead atoms. The topological polar surface area (TPSA) is 55.8 Å². The van der Waals surface area contributed by atoms with Gasteiger partial charge < -0.3 is 15.3 Å². The maximum atomic E-state index is 11.7. The van der Waals surface area contributed by atoms with Gasteiger partial charge in [0.25, 0.3) is 0 Å². The van der Waals surface area contributed by atoms with Gasteiger partial charge in [-0.05, 0) is 18.4 Å². The van der Waals surface area contributed by atoms with Crippen molar-refractivity contribution in [1.82, 2.24) is 15.1 Å². The molecule has 1 saturated heterocycles. The number of piperazine rings is 1. The molecule has 6 heteroatoms. The van der Waals surface area contributed by atoms with Gasteiger partial charge in [0.2, 0.25) is 0 Å².